The van der Waals surface area contributed by atoms with E-state index in [-0.39, 0.29) is 17.2 Å². The van der Waals surface area contributed by atoms with Gasteiger partial charge < -0.3 is 4.90 Å². The molecule has 0 N–H and O–H groups in total. The molecule has 1 saturated heterocycles. The molecule has 2 nitrogen and oxygen atoms in total. The summed E-state index contributed by atoms with van der Waals surface area (Å²) < 4.78 is 0. The van der Waals surface area contributed by atoms with Crippen LogP contribution in [0.4, 0.5) is 0 Å². The Morgan fingerprint density at radius 1 is 1.42 bits per heavy atom. The van der Waals surface area contributed by atoms with E-state index < -0.39 is 4.87 Å². The lowest BCUT2D eigenvalue weighted by atomic mass is 9.89. The summed E-state index contributed by atoms with van der Waals surface area (Å²) >= 11 is 12.8. The van der Waals surface area contributed by atoms with Gasteiger partial charge in [-0.25, -0.2) is 0 Å². The minimum atomic E-state index is -0.837. The molecule has 1 fully saturated rings. The van der Waals surface area contributed by atoms with Crippen LogP contribution in [0, 0.1) is 5.92 Å². The summed E-state index contributed by atoms with van der Waals surface area (Å²) in [5.41, 5.74) is 1.12. The van der Waals surface area contributed by atoms with Crippen molar-refractivity contribution in [3.63, 3.8) is 0 Å². The first-order valence-corrected chi connectivity index (χ1v) is 7.46. The molecule has 0 aliphatic carbocycles. The fraction of sp³-hybridized carbons (Fsp3) is 0.533. The van der Waals surface area contributed by atoms with Gasteiger partial charge in [-0.15, -0.1) is 23.2 Å². The van der Waals surface area contributed by atoms with Gasteiger partial charge in [0.1, 0.15) is 4.87 Å². The van der Waals surface area contributed by atoms with Crippen LogP contribution in [-0.2, 0) is 11.3 Å². The van der Waals surface area contributed by atoms with Crippen molar-refractivity contribution in [3.05, 3.63) is 35.9 Å². The van der Waals surface area contributed by atoms with Crippen LogP contribution in [0.2, 0.25) is 0 Å². The second-order valence-corrected chi connectivity index (χ2v) is 6.53. The number of carbonyl (C=O) groups excluding carboxylic acids is 1. The zero-order valence-corrected chi connectivity index (χ0v) is 12.8. The van der Waals surface area contributed by atoms with Gasteiger partial charge in [0.05, 0.1) is 0 Å². The molecule has 0 radical (unpaired) electrons. The molecule has 1 heterocycles. The molecule has 0 bridgehead atoms. The van der Waals surface area contributed by atoms with Gasteiger partial charge in [-0.2, -0.15) is 0 Å². The Labute approximate surface area is 124 Å². The van der Waals surface area contributed by atoms with Crippen molar-refractivity contribution in [1.82, 2.24) is 4.90 Å². The summed E-state index contributed by atoms with van der Waals surface area (Å²) in [6.45, 7) is 5.10. The average molecular weight is 300 g/mol. The number of amides is 1. The fourth-order valence-electron chi connectivity index (χ4n) is 2.75. The number of hydrogen-bond acceptors (Lipinski definition) is 1. The van der Waals surface area contributed by atoms with E-state index in [1.165, 1.54) is 0 Å². The maximum atomic E-state index is 12.5. The molecule has 4 heteroatoms. The zero-order chi connectivity index (χ0) is 14.0. The maximum Gasteiger partial charge on any atom is 0.244 e. The van der Waals surface area contributed by atoms with Gasteiger partial charge in [0.2, 0.25) is 5.91 Å². The minimum Gasteiger partial charge on any atom is -0.336 e. The third kappa shape index (κ3) is 2.75. The van der Waals surface area contributed by atoms with Crippen molar-refractivity contribution >= 4 is 29.1 Å². The molecular formula is C15H19Cl2NO. The SMILES string of the molecule is CC[C@@]1(Cl)C(=O)N(Cc2ccccc2)C[C@@H]1C(C)Cl. The van der Waals surface area contributed by atoms with Crippen molar-refractivity contribution in [2.45, 2.75) is 37.1 Å². The number of benzene rings is 1. The van der Waals surface area contributed by atoms with Crippen molar-refractivity contribution in [2.24, 2.45) is 5.92 Å². The highest BCUT2D eigenvalue weighted by molar-refractivity contribution is 6.36. The van der Waals surface area contributed by atoms with E-state index in [0.29, 0.717) is 19.5 Å². The van der Waals surface area contributed by atoms with Gasteiger partial charge >= 0.3 is 0 Å². The van der Waals surface area contributed by atoms with Crippen molar-refractivity contribution < 1.29 is 4.79 Å². The van der Waals surface area contributed by atoms with E-state index >= 15 is 0 Å². The molecule has 1 aliphatic rings. The minimum absolute atomic E-state index is 0.00274. The Kier molecular flexibility index (Phi) is 4.42. The lowest BCUT2D eigenvalue weighted by Crippen LogP contribution is -2.39. The van der Waals surface area contributed by atoms with E-state index in [0.717, 1.165) is 5.56 Å². The highest BCUT2D eigenvalue weighted by atomic mass is 35.5. The Morgan fingerprint density at radius 2 is 2.05 bits per heavy atom. The lowest BCUT2D eigenvalue weighted by Gasteiger charge is -2.25. The summed E-state index contributed by atoms with van der Waals surface area (Å²) in [7, 11) is 0. The van der Waals surface area contributed by atoms with Crippen LogP contribution in [0.3, 0.4) is 0 Å². The molecule has 1 amide bonds. The predicted molar refractivity (Wildman–Crippen MR) is 79.5 cm³/mol. The van der Waals surface area contributed by atoms with Crippen molar-refractivity contribution in [3.8, 4) is 0 Å². The lowest BCUT2D eigenvalue weighted by molar-refractivity contribution is -0.130. The van der Waals surface area contributed by atoms with Crippen LogP contribution in [0.15, 0.2) is 30.3 Å². The monoisotopic (exact) mass is 299 g/mol. The molecule has 0 aromatic heterocycles. The Hall–Kier alpha value is -0.730. The topological polar surface area (TPSA) is 20.3 Å². The van der Waals surface area contributed by atoms with Crippen LogP contribution in [0.25, 0.3) is 0 Å². The van der Waals surface area contributed by atoms with Crippen molar-refractivity contribution in [2.75, 3.05) is 6.54 Å². The third-order valence-corrected chi connectivity index (χ3v) is 4.95. The van der Waals surface area contributed by atoms with Crippen LogP contribution in [0.5, 0.6) is 0 Å². The van der Waals surface area contributed by atoms with Crippen LogP contribution in [0.1, 0.15) is 25.8 Å². The molecule has 0 spiro atoms. The number of rotatable bonds is 4. The molecule has 3 atom stereocenters. The molecule has 2 rings (SSSR count). The van der Waals surface area contributed by atoms with Gasteiger partial charge in [0.15, 0.2) is 0 Å². The summed E-state index contributed by atoms with van der Waals surface area (Å²) in [4.78, 5) is 13.5. The van der Waals surface area contributed by atoms with Gasteiger partial charge in [-0.1, -0.05) is 37.3 Å². The van der Waals surface area contributed by atoms with E-state index in [2.05, 4.69) is 0 Å². The van der Waals surface area contributed by atoms with E-state index in [1.54, 1.807) is 0 Å². The summed E-state index contributed by atoms with van der Waals surface area (Å²) in [5, 5.41) is -0.109. The number of likely N-dealkylation sites (tertiary alicyclic amines) is 1. The standard InChI is InChI=1S/C15H19Cl2NO/c1-3-15(17)13(11(2)16)10-18(14(15)19)9-12-7-5-4-6-8-12/h4-8,11,13H,3,9-10H2,1-2H3/t11?,13-,15+/m1/s1. The smallest absolute Gasteiger partial charge is 0.244 e. The molecule has 1 aliphatic heterocycles. The fourth-order valence-corrected chi connectivity index (χ4v) is 3.49. The summed E-state index contributed by atoms with van der Waals surface area (Å²) in [5.74, 6) is 0.00932. The number of nitrogens with zero attached hydrogens (tertiary/aromatic N) is 1. The first kappa shape index (κ1) is 14.7. The van der Waals surface area contributed by atoms with Crippen LogP contribution >= 0.6 is 23.2 Å². The highest BCUT2D eigenvalue weighted by Gasteiger charge is 2.53. The zero-order valence-electron chi connectivity index (χ0n) is 11.3. The third-order valence-electron chi connectivity index (χ3n) is 3.93. The van der Waals surface area contributed by atoms with Crippen molar-refractivity contribution in [1.29, 1.82) is 0 Å². The summed E-state index contributed by atoms with van der Waals surface area (Å²) in [6.07, 6.45) is 0.612. The normalized spacial score (nSPS) is 28.7. The Bertz CT molecular complexity index is 449. The molecule has 19 heavy (non-hydrogen) atoms. The second-order valence-electron chi connectivity index (χ2n) is 5.17. The Morgan fingerprint density at radius 3 is 2.53 bits per heavy atom. The molecular weight excluding hydrogens is 281 g/mol. The van der Waals surface area contributed by atoms with Gasteiger partial charge in [0, 0.05) is 24.4 Å². The Balaban J connectivity index is 2.19. The average Bonchev–Trinajstić information content (AvgIpc) is 2.66. The molecule has 0 saturated carbocycles. The molecule has 1 aromatic rings. The maximum absolute atomic E-state index is 12.5. The number of hydrogen-bond donors (Lipinski definition) is 0. The molecule has 104 valence electrons. The van der Waals surface area contributed by atoms with E-state index in [4.69, 9.17) is 23.2 Å². The second kappa shape index (κ2) is 5.72. The molecule has 1 aromatic carbocycles. The number of halogens is 2. The van der Waals surface area contributed by atoms with Crippen LogP contribution < -0.4 is 0 Å². The van der Waals surface area contributed by atoms with E-state index in [9.17, 15) is 4.79 Å². The summed E-state index contributed by atoms with van der Waals surface area (Å²) in [6, 6.07) is 9.96. The van der Waals surface area contributed by atoms with Gasteiger partial charge in [-0.3, -0.25) is 4.79 Å². The first-order valence-electron chi connectivity index (χ1n) is 6.65. The van der Waals surface area contributed by atoms with E-state index in [1.807, 2.05) is 49.1 Å². The van der Waals surface area contributed by atoms with Gasteiger partial charge in [-0.05, 0) is 18.9 Å². The quantitative estimate of drug-likeness (QED) is 0.777. The molecule has 1 unspecified atom stereocenters. The van der Waals surface area contributed by atoms with Crippen LogP contribution in [-0.4, -0.2) is 27.6 Å². The number of carbonyl (C=O) groups is 1. The predicted octanol–water partition coefficient (Wildman–Crippen LogP) is 3.66. The first-order chi connectivity index (χ1) is 8.99. The highest BCUT2D eigenvalue weighted by Crippen LogP contribution is 2.41. The number of alkyl halides is 2. The van der Waals surface area contributed by atoms with Gasteiger partial charge in [0.25, 0.3) is 0 Å². The largest absolute Gasteiger partial charge is 0.336 e.